The number of nitrogens with zero attached hydrogens (tertiary/aromatic N) is 1. The number of rotatable bonds is 5. The van der Waals surface area contributed by atoms with Crippen LogP contribution in [0.5, 0.6) is 0 Å². The SMILES string of the molecule is CCNC(=O)CN(CC)c1ccc(C(F)(F)F)cc1N. The minimum Gasteiger partial charge on any atom is -0.397 e. The third kappa shape index (κ3) is 4.04. The minimum atomic E-state index is -4.43. The molecule has 0 fully saturated rings. The number of hydrogen-bond donors (Lipinski definition) is 2. The lowest BCUT2D eigenvalue weighted by Crippen LogP contribution is -2.37. The highest BCUT2D eigenvalue weighted by Gasteiger charge is 2.31. The zero-order valence-electron chi connectivity index (χ0n) is 11.4. The van der Waals surface area contributed by atoms with Crippen LogP contribution >= 0.6 is 0 Å². The van der Waals surface area contributed by atoms with Crippen LogP contribution in [0, 0.1) is 0 Å². The molecule has 0 saturated heterocycles. The number of amides is 1. The van der Waals surface area contributed by atoms with Gasteiger partial charge in [-0.3, -0.25) is 4.79 Å². The summed E-state index contributed by atoms with van der Waals surface area (Å²) in [5, 5.41) is 2.63. The Hall–Kier alpha value is -1.92. The van der Waals surface area contributed by atoms with Crippen LogP contribution in [0.4, 0.5) is 24.5 Å². The molecule has 7 heteroatoms. The third-order valence-corrected chi connectivity index (χ3v) is 2.79. The maximum Gasteiger partial charge on any atom is 0.416 e. The highest BCUT2D eigenvalue weighted by Crippen LogP contribution is 2.33. The predicted molar refractivity (Wildman–Crippen MR) is 72.4 cm³/mol. The quantitative estimate of drug-likeness (QED) is 0.817. The average molecular weight is 289 g/mol. The number of nitrogens with one attached hydrogen (secondary N) is 1. The van der Waals surface area contributed by atoms with Gasteiger partial charge in [0.15, 0.2) is 0 Å². The van der Waals surface area contributed by atoms with Crippen LogP contribution in [0.2, 0.25) is 0 Å². The zero-order valence-corrected chi connectivity index (χ0v) is 11.4. The fourth-order valence-corrected chi connectivity index (χ4v) is 1.81. The number of benzene rings is 1. The van der Waals surface area contributed by atoms with Gasteiger partial charge in [-0.15, -0.1) is 0 Å². The molecule has 0 spiro atoms. The molecular weight excluding hydrogens is 271 g/mol. The van der Waals surface area contributed by atoms with Gasteiger partial charge in [0, 0.05) is 13.1 Å². The van der Waals surface area contributed by atoms with E-state index in [4.69, 9.17) is 5.73 Å². The lowest BCUT2D eigenvalue weighted by Gasteiger charge is -2.24. The van der Waals surface area contributed by atoms with E-state index >= 15 is 0 Å². The number of nitrogens with two attached hydrogens (primary N) is 1. The second-order valence-electron chi connectivity index (χ2n) is 4.24. The maximum absolute atomic E-state index is 12.6. The fraction of sp³-hybridized carbons (Fsp3) is 0.462. The fourth-order valence-electron chi connectivity index (χ4n) is 1.81. The van der Waals surface area contributed by atoms with Crippen LogP contribution in [0.1, 0.15) is 19.4 Å². The van der Waals surface area contributed by atoms with Gasteiger partial charge in [0.1, 0.15) is 0 Å². The van der Waals surface area contributed by atoms with E-state index in [1.165, 1.54) is 6.07 Å². The highest BCUT2D eigenvalue weighted by molar-refractivity contribution is 5.83. The monoisotopic (exact) mass is 289 g/mol. The average Bonchev–Trinajstić information content (AvgIpc) is 2.35. The van der Waals surface area contributed by atoms with Gasteiger partial charge in [0.05, 0.1) is 23.5 Å². The number of carbonyl (C=O) groups excluding carboxylic acids is 1. The second-order valence-corrected chi connectivity index (χ2v) is 4.24. The molecule has 0 unspecified atom stereocenters. The Kier molecular flexibility index (Phi) is 5.24. The summed E-state index contributed by atoms with van der Waals surface area (Å²) in [6.45, 7) is 4.61. The molecule has 0 aliphatic heterocycles. The number of alkyl halides is 3. The molecule has 0 aromatic heterocycles. The summed E-state index contributed by atoms with van der Waals surface area (Å²) < 4.78 is 37.7. The number of likely N-dealkylation sites (N-methyl/N-ethyl adjacent to an activating group) is 2. The van der Waals surface area contributed by atoms with Gasteiger partial charge >= 0.3 is 6.18 Å². The van der Waals surface area contributed by atoms with Crippen molar-refractivity contribution in [3.05, 3.63) is 23.8 Å². The molecule has 0 heterocycles. The van der Waals surface area contributed by atoms with Gasteiger partial charge in [-0.25, -0.2) is 0 Å². The van der Waals surface area contributed by atoms with Crippen molar-refractivity contribution in [2.75, 3.05) is 30.3 Å². The third-order valence-electron chi connectivity index (χ3n) is 2.79. The normalized spacial score (nSPS) is 11.2. The van der Waals surface area contributed by atoms with Crippen molar-refractivity contribution in [3.8, 4) is 0 Å². The molecule has 112 valence electrons. The predicted octanol–water partition coefficient (Wildman–Crippen LogP) is 2.25. The van der Waals surface area contributed by atoms with Crippen LogP contribution in [-0.2, 0) is 11.0 Å². The molecule has 20 heavy (non-hydrogen) atoms. The number of hydrogen-bond acceptors (Lipinski definition) is 3. The van der Waals surface area contributed by atoms with E-state index in [0.29, 0.717) is 18.8 Å². The number of carbonyl (C=O) groups is 1. The van der Waals surface area contributed by atoms with Gasteiger partial charge in [0.2, 0.25) is 5.91 Å². The molecular formula is C13H18F3N3O. The second kappa shape index (κ2) is 6.49. The van der Waals surface area contributed by atoms with E-state index in [1.54, 1.807) is 18.7 Å². The lowest BCUT2D eigenvalue weighted by atomic mass is 10.1. The number of anilines is 2. The first-order valence-electron chi connectivity index (χ1n) is 6.28. The van der Waals surface area contributed by atoms with E-state index in [-0.39, 0.29) is 18.1 Å². The summed E-state index contributed by atoms with van der Waals surface area (Å²) in [5.41, 5.74) is 5.30. The van der Waals surface area contributed by atoms with Crippen molar-refractivity contribution in [2.24, 2.45) is 0 Å². The maximum atomic E-state index is 12.6. The summed E-state index contributed by atoms with van der Waals surface area (Å²) in [5.74, 6) is -0.200. The first-order valence-corrected chi connectivity index (χ1v) is 6.28. The molecule has 0 saturated carbocycles. The summed E-state index contributed by atoms with van der Waals surface area (Å²) in [4.78, 5) is 13.2. The molecule has 1 aromatic carbocycles. The van der Waals surface area contributed by atoms with E-state index in [0.717, 1.165) is 12.1 Å². The topological polar surface area (TPSA) is 58.4 Å². The Morgan fingerprint density at radius 1 is 1.35 bits per heavy atom. The Balaban J connectivity index is 2.96. The first-order chi connectivity index (χ1) is 9.29. The Morgan fingerprint density at radius 3 is 2.45 bits per heavy atom. The molecule has 0 radical (unpaired) electrons. The standard InChI is InChI=1S/C13H18F3N3O/c1-3-18-12(20)8-19(4-2)11-6-5-9(7-10(11)17)13(14,15)16/h5-7H,3-4,8,17H2,1-2H3,(H,18,20). The van der Waals surface area contributed by atoms with Crippen molar-refractivity contribution in [3.63, 3.8) is 0 Å². The minimum absolute atomic E-state index is 0.00553. The first kappa shape index (κ1) is 16.1. The molecule has 0 atom stereocenters. The molecule has 4 nitrogen and oxygen atoms in total. The lowest BCUT2D eigenvalue weighted by molar-refractivity contribution is -0.137. The van der Waals surface area contributed by atoms with Gasteiger partial charge in [-0.1, -0.05) is 0 Å². The van der Waals surface area contributed by atoms with Crippen molar-refractivity contribution >= 4 is 17.3 Å². The van der Waals surface area contributed by atoms with Crippen LogP contribution in [0.3, 0.4) is 0 Å². The largest absolute Gasteiger partial charge is 0.416 e. The Labute approximate surface area is 115 Å². The Morgan fingerprint density at radius 2 is 2.00 bits per heavy atom. The summed E-state index contributed by atoms with van der Waals surface area (Å²) in [7, 11) is 0. The van der Waals surface area contributed by atoms with E-state index < -0.39 is 11.7 Å². The molecule has 0 aliphatic rings. The van der Waals surface area contributed by atoms with Gasteiger partial charge in [-0.05, 0) is 32.0 Å². The van der Waals surface area contributed by atoms with E-state index in [1.807, 2.05) is 0 Å². The highest BCUT2D eigenvalue weighted by atomic mass is 19.4. The van der Waals surface area contributed by atoms with Crippen LogP contribution < -0.4 is 16.0 Å². The van der Waals surface area contributed by atoms with Gasteiger partial charge in [0.25, 0.3) is 0 Å². The molecule has 1 rings (SSSR count). The van der Waals surface area contributed by atoms with Gasteiger partial charge in [-0.2, -0.15) is 13.2 Å². The van der Waals surface area contributed by atoms with Gasteiger partial charge < -0.3 is 16.0 Å². The van der Waals surface area contributed by atoms with Crippen molar-refractivity contribution in [1.29, 1.82) is 0 Å². The summed E-state index contributed by atoms with van der Waals surface area (Å²) in [6, 6.07) is 3.14. The van der Waals surface area contributed by atoms with E-state index in [2.05, 4.69) is 5.32 Å². The molecule has 1 aromatic rings. The molecule has 3 N–H and O–H groups in total. The van der Waals surface area contributed by atoms with Crippen LogP contribution in [0.25, 0.3) is 0 Å². The van der Waals surface area contributed by atoms with Crippen LogP contribution in [-0.4, -0.2) is 25.5 Å². The molecule has 0 bridgehead atoms. The van der Waals surface area contributed by atoms with Crippen molar-refractivity contribution < 1.29 is 18.0 Å². The summed E-state index contributed by atoms with van der Waals surface area (Å²) in [6.07, 6.45) is -4.43. The van der Waals surface area contributed by atoms with Crippen LogP contribution in [0.15, 0.2) is 18.2 Å². The number of halogens is 3. The molecule has 0 aliphatic carbocycles. The van der Waals surface area contributed by atoms with Crippen molar-refractivity contribution in [2.45, 2.75) is 20.0 Å². The van der Waals surface area contributed by atoms with E-state index in [9.17, 15) is 18.0 Å². The zero-order chi connectivity index (χ0) is 15.3. The summed E-state index contributed by atoms with van der Waals surface area (Å²) >= 11 is 0. The molecule has 1 amide bonds. The number of nitrogen functional groups attached to an aromatic ring is 1. The van der Waals surface area contributed by atoms with Crippen molar-refractivity contribution in [1.82, 2.24) is 5.32 Å². The Bertz CT molecular complexity index is 474. The smallest absolute Gasteiger partial charge is 0.397 e.